The van der Waals surface area contributed by atoms with E-state index >= 15 is 0 Å². The van der Waals surface area contributed by atoms with Gasteiger partial charge >= 0.3 is 0 Å². The molecule has 1 N–H and O–H groups in total. The van der Waals surface area contributed by atoms with Crippen LogP contribution in [0.1, 0.15) is 19.4 Å². The van der Waals surface area contributed by atoms with E-state index in [2.05, 4.69) is 10.5 Å². The Morgan fingerprint density at radius 2 is 1.85 bits per heavy atom. The SMILES string of the molecule is COc1cccc(OCC(=O)N/N=C/c2ccc(OC(C)C)c(OC)c2)c1. The number of hydrogen-bond donors (Lipinski definition) is 1. The third-order valence-electron chi connectivity index (χ3n) is 3.36. The van der Waals surface area contributed by atoms with Gasteiger partial charge in [0.2, 0.25) is 0 Å². The fourth-order valence-corrected chi connectivity index (χ4v) is 2.17. The van der Waals surface area contributed by atoms with E-state index in [9.17, 15) is 4.79 Å². The Hall–Kier alpha value is -3.22. The average Bonchev–Trinajstić information content (AvgIpc) is 2.67. The summed E-state index contributed by atoms with van der Waals surface area (Å²) in [6.07, 6.45) is 1.56. The molecule has 0 unspecified atom stereocenters. The molecule has 0 aromatic heterocycles. The van der Waals surface area contributed by atoms with E-state index in [4.69, 9.17) is 18.9 Å². The molecule has 27 heavy (non-hydrogen) atoms. The summed E-state index contributed by atoms with van der Waals surface area (Å²) >= 11 is 0. The lowest BCUT2D eigenvalue weighted by Crippen LogP contribution is -2.24. The number of benzene rings is 2. The van der Waals surface area contributed by atoms with Gasteiger partial charge in [-0.25, -0.2) is 5.43 Å². The Morgan fingerprint density at radius 3 is 2.56 bits per heavy atom. The van der Waals surface area contributed by atoms with Gasteiger partial charge in [-0.05, 0) is 49.7 Å². The monoisotopic (exact) mass is 372 g/mol. The Morgan fingerprint density at radius 1 is 1.07 bits per heavy atom. The fraction of sp³-hybridized carbons (Fsp3) is 0.300. The number of ether oxygens (including phenoxy) is 4. The van der Waals surface area contributed by atoms with Crippen LogP contribution in [0.5, 0.6) is 23.0 Å². The highest BCUT2D eigenvalue weighted by Crippen LogP contribution is 2.28. The van der Waals surface area contributed by atoms with Gasteiger partial charge in [-0.2, -0.15) is 5.10 Å². The van der Waals surface area contributed by atoms with Gasteiger partial charge in [0, 0.05) is 6.07 Å². The average molecular weight is 372 g/mol. The van der Waals surface area contributed by atoms with Crippen LogP contribution in [0.4, 0.5) is 0 Å². The smallest absolute Gasteiger partial charge is 0.277 e. The second-order valence-corrected chi connectivity index (χ2v) is 5.84. The predicted molar refractivity (Wildman–Crippen MR) is 103 cm³/mol. The summed E-state index contributed by atoms with van der Waals surface area (Å²) in [4.78, 5) is 11.8. The number of amides is 1. The summed E-state index contributed by atoms with van der Waals surface area (Å²) in [7, 11) is 3.14. The van der Waals surface area contributed by atoms with E-state index < -0.39 is 0 Å². The van der Waals surface area contributed by atoms with Crippen LogP contribution in [0, 0.1) is 0 Å². The number of hydrazone groups is 1. The standard InChI is InChI=1S/C20H24N2O5/c1-14(2)27-18-9-8-15(10-19(18)25-4)12-21-22-20(23)13-26-17-7-5-6-16(11-17)24-3/h5-12,14H,13H2,1-4H3,(H,22,23)/b21-12+. The predicted octanol–water partition coefficient (Wildman–Crippen LogP) is 3.02. The molecule has 0 aliphatic carbocycles. The molecule has 7 nitrogen and oxygen atoms in total. The van der Waals surface area contributed by atoms with E-state index in [1.54, 1.807) is 50.6 Å². The van der Waals surface area contributed by atoms with Gasteiger partial charge in [-0.15, -0.1) is 0 Å². The molecule has 2 rings (SSSR count). The zero-order valence-corrected chi connectivity index (χ0v) is 15.9. The van der Waals surface area contributed by atoms with Crippen LogP contribution in [0.25, 0.3) is 0 Å². The molecular formula is C20H24N2O5. The van der Waals surface area contributed by atoms with Crippen molar-refractivity contribution >= 4 is 12.1 Å². The lowest BCUT2D eigenvalue weighted by atomic mass is 10.2. The molecular weight excluding hydrogens is 348 g/mol. The maximum absolute atomic E-state index is 11.8. The summed E-state index contributed by atoms with van der Waals surface area (Å²) in [6, 6.07) is 12.4. The first-order chi connectivity index (χ1) is 13.0. The molecule has 0 saturated carbocycles. The topological polar surface area (TPSA) is 78.4 Å². The normalized spacial score (nSPS) is 10.7. The van der Waals surface area contributed by atoms with Crippen molar-refractivity contribution in [2.75, 3.05) is 20.8 Å². The minimum absolute atomic E-state index is 0.0438. The van der Waals surface area contributed by atoms with Crippen molar-refractivity contribution in [2.24, 2.45) is 5.10 Å². The van der Waals surface area contributed by atoms with Crippen LogP contribution in [0.15, 0.2) is 47.6 Å². The minimum Gasteiger partial charge on any atom is -0.497 e. The van der Waals surface area contributed by atoms with Crippen molar-refractivity contribution < 1.29 is 23.7 Å². The van der Waals surface area contributed by atoms with Gasteiger partial charge in [-0.1, -0.05) is 6.07 Å². The zero-order valence-electron chi connectivity index (χ0n) is 15.9. The Bertz CT molecular complexity index is 790. The molecule has 2 aromatic carbocycles. The molecule has 0 bridgehead atoms. The van der Waals surface area contributed by atoms with Crippen LogP contribution in [0.3, 0.4) is 0 Å². The molecule has 0 atom stereocenters. The number of methoxy groups -OCH3 is 2. The van der Waals surface area contributed by atoms with Crippen LogP contribution < -0.4 is 24.4 Å². The molecule has 0 aliphatic heterocycles. The molecule has 144 valence electrons. The number of rotatable bonds is 9. The van der Waals surface area contributed by atoms with E-state index in [1.165, 1.54) is 6.21 Å². The molecule has 0 spiro atoms. The highest BCUT2D eigenvalue weighted by molar-refractivity contribution is 5.83. The number of nitrogens with zero attached hydrogens (tertiary/aromatic N) is 1. The third kappa shape index (κ3) is 6.54. The number of carbonyl (C=O) groups excluding carboxylic acids is 1. The van der Waals surface area contributed by atoms with Crippen molar-refractivity contribution in [3.05, 3.63) is 48.0 Å². The molecule has 0 aliphatic rings. The van der Waals surface area contributed by atoms with Crippen LogP contribution in [-0.4, -0.2) is 39.1 Å². The van der Waals surface area contributed by atoms with Crippen LogP contribution in [0.2, 0.25) is 0 Å². The Labute approximate surface area is 158 Å². The minimum atomic E-state index is -0.374. The number of carbonyl (C=O) groups is 1. The Balaban J connectivity index is 1.87. The lowest BCUT2D eigenvalue weighted by Gasteiger charge is -2.13. The van der Waals surface area contributed by atoms with E-state index in [0.29, 0.717) is 23.0 Å². The first-order valence-electron chi connectivity index (χ1n) is 8.45. The molecule has 1 amide bonds. The fourth-order valence-electron chi connectivity index (χ4n) is 2.17. The van der Waals surface area contributed by atoms with Gasteiger partial charge in [-0.3, -0.25) is 4.79 Å². The Kier molecular flexibility index (Phi) is 7.49. The summed E-state index contributed by atoms with van der Waals surface area (Å²) in [6.45, 7) is 3.73. The van der Waals surface area contributed by atoms with Crippen molar-refractivity contribution in [1.29, 1.82) is 0 Å². The number of nitrogens with one attached hydrogen (secondary N) is 1. The van der Waals surface area contributed by atoms with Gasteiger partial charge in [0.15, 0.2) is 18.1 Å². The first kappa shape index (κ1) is 20.1. The summed E-state index contributed by atoms with van der Waals surface area (Å²) < 4.78 is 21.5. The van der Waals surface area contributed by atoms with Crippen molar-refractivity contribution in [3.63, 3.8) is 0 Å². The third-order valence-corrected chi connectivity index (χ3v) is 3.36. The maximum atomic E-state index is 11.8. The second kappa shape index (κ2) is 10.1. The van der Waals surface area contributed by atoms with Crippen LogP contribution in [-0.2, 0) is 4.79 Å². The van der Waals surface area contributed by atoms with Gasteiger partial charge < -0.3 is 18.9 Å². The van der Waals surface area contributed by atoms with Crippen molar-refractivity contribution in [1.82, 2.24) is 5.43 Å². The molecule has 0 radical (unpaired) electrons. The highest BCUT2D eigenvalue weighted by atomic mass is 16.5. The van der Waals surface area contributed by atoms with Crippen LogP contribution >= 0.6 is 0 Å². The van der Waals surface area contributed by atoms with Gasteiger partial charge in [0.1, 0.15) is 11.5 Å². The highest BCUT2D eigenvalue weighted by Gasteiger charge is 2.07. The molecule has 7 heteroatoms. The largest absolute Gasteiger partial charge is 0.497 e. The zero-order chi connectivity index (χ0) is 19.6. The summed E-state index contributed by atoms with van der Waals surface area (Å²) in [5.41, 5.74) is 3.18. The molecule has 0 saturated heterocycles. The summed E-state index contributed by atoms with van der Waals surface area (Å²) in [5, 5.41) is 3.93. The van der Waals surface area contributed by atoms with E-state index in [0.717, 1.165) is 5.56 Å². The van der Waals surface area contributed by atoms with E-state index in [1.807, 2.05) is 19.9 Å². The summed E-state index contributed by atoms with van der Waals surface area (Å²) in [5.74, 6) is 2.07. The molecule has 0 heterocycles. The maximum Gasteiger partial charge on any atom is 0.277 e. The van der Waals surface area contributed by atoms with Gasteiger partial charge in [0.25, 0.3) is 5.91 Å². The quantitative estimate of drug-likeness (QED) is 0.541. The van der Waals surface area contributed by atoms with Crippen molar-refractivity contribution in [2.45, 2.75) is 20.0 Å². The second-order valence-electron chi connectivity index (χ2n) is 5.84. The molecule has 2 aromatic rings. The van der Waals surface area contributed by atoms with Gasteiger partial charge in [0.05, 0.1) is 26.5 Å². The lowest BCUT2D eigenvalue weighted by molar-refractivity contribution is -0.123. The molecule has 0 fully saturated rings. The van der Waals surface area contributed by atoms with Crippen molar-refractivity contribution in [3.8, 4) is 23.0 Å². The first-order valence-corrected chi connectivity index (χ1v) is 8.45. The number of hydrogen-bond acceptors (Lipinski definition) is 6. The van der Waals surface area contributed by atoms with E-state index in [-0.39, 0.29) is 18.6 Å².